The average molecular weight is 251 g/mol. The van der Waals surface area contributed by atoms with E-state index in [-0.39, 0.29) is 11.9 Å². The summed E-state index contributed by atoms with van der Waals surface area (Å²) < 4.78 is 5.32. The van der Waals surface area contributed by atoms with Gasteiger partial charge >= 0.3 is 0 Å². The van der Waals surface area contributed by atoms with E-state index < -0.39 is 0 Å². The second-order valence-electron chi connectivity index (χ2n) is 4.14. The summed E-state index contributed by atoms with van der Waals surface area (Å²) in [7, 11) is 0. The lowest BCUT2D eigenvalue weighted by atomic mass is 10.1. The molecule has 0 fully saturated rings. The fourth-order valence-corrected chi connectivity index (χ4v) is 1.82. The van der Waals surface area contributed by atoms with Crippen LogP contribution in [0.2, 0.25) is 0 Å². The van der Waals surface area contributed by atoms with Crippen molar-refractivity contribution in [2.24, 2.45) is 0 Å². The number of nitrogens with zero attached hydrogens (tertiary/aromatic N) is 3. The smallest absolute Gasteiger partial charge is 0.286 e. The van der Waals surface area contributed by atoms with E-state index >= 15 is 0 Å². The first-order chi connectivity index (χ1) is 8.81. The Balaban J connectivity index is 2.00. The number of H-pyrrole nitrogens is 1. The van der Waals surface area contributed by atoms with Crippen molar-refractivity contribution in [2.45, 2.75) is 38.6 Å². The number of hydrogen-bond donors (Lipinski definition) is 2. The molecule has 1 aliphatic heterocycles. The van der Waals surface area contributed by atoms with E-state index in [1.54, 1.807) is 0 Å². The average Bonchev–Trinajstić information content (AvgIpc) is 2.93. The van der Waals surface area contributed by atoms with Gasteiger partial charge in [-0.2, -0.15) is 5.21 Å². The van der Waals surface area contributed by atoms with E-state index in [0.717, 1.165) is 25.7 Å². The van der Waals surface area contributed by atoms with Gasteiger partial charge in [-0.1, -0.05) is 18.6 Å². The molecule has 1 amide bonds. The van der Waals surface area contributed by atoms with Gasteiger partial charge in [-0.15, -0.1) is 10.2 Å². The van der Waals surface area contributed by atoms with Crippen molar-refractivity contribution in [3.8, 4) is 0 Å². The number of tetrazole rings is 1. The molecule has 1 aliphatic rings. The summed E-state index contributed by atoms with van der Waals surface area (Å²) in [5.41, 5.74) is 0. The molecule has 0 bridgehead atoms. The zero-order valence-electron chi connectivity index (χ0n) is 10.3. The third-order valence-corrected chi connectivity index (χ3v) is 2.72. The molecule has 2 N–H and O–H groups in total. The van der Waals surface area contributed by atoms with E-state index in [2.05, 4.69) is 25.9 Å². The lowest BCUT2D eigenvalue weighted by Crippen LogP contribution is -2.32. The van der Waals surface area contributed by atoms with Gasteiger partial charge in [-0.05, 0) is 25.3 Å². The molecule has 2 rings (SSSR count). The highest BCUT2D eigenvalue weighted by molar-refractivity contribution is 5.91. The molecule has 1 atom stereocenters. The van der Waals surface area contributed by atoms with E-state index in [4.69, 9.17) is 4.74 Å². The standard InChI is InChI=1S/C11H17N5O2/c1-2-5-8(10-13-15-16-14-10)12-11(17)9-6-3-4-7-18-9/h6,8H,2-5,7H2,1H3,(H,12,17)(H,13,14,15,16). The van der Waals surface area contributed by atoms with Crippen LogP contribution in [-0.4, -0.2) is 33.1 Å². The molecule has 1 aromatic rings. The van der Waals surface area contributed by atoms with Crippen LogP contribution in [0.4, 0.5) is 0 Å². The maximum atomic E-state index is 12.0. The van der Waals surface area contributed by atoms with Crippen LogP contribution in [0, 0.1) is 0 Å². The molecule has 1 unspecified atom stereocenters. The maximum absolute atomic E-state index is 12.0. The molecule has 0 aliphatic carbocycles. The molecule has 0 radical (unpaired) electrons. The number of aromatic nitrogens is 4. The van der Waals surface area contributed by atoms with E-state index in [1.807, 2.05) is 13.0 Å². The molecule has 2 heterocycles. The highest BCUT2D eigenvalue weighted by atomic mass is 16.5. The Morgan fingerprint density at radius 1 is 1.67 bits per heavy atom. The van der Waals surface area contributed by atoms with E-state index in [1.165, 1.54) is 0 Å². The predicted octanol–water partition coefficient (Wildman–Crippen LogP) is 0.851. The second kappa shape index (κ2) is 6.13. The number of amides is 1. The topological polar surface area (TPSA) is 92.8 Å². The summed E-state index contributed by atoms with van der Waals surface area (Å²) in [6, 6.07) is -0.229. The lowest BCUT2D eigenvalue weighted by Gasteiger charge is -2.18. The number of allylic oxidation sites excluding steroid dienone is 1. The fraction of sp³-hybridized carbons (Fsp3) is 0.636. The van der Waals surface area contributed by atoms with E-state index in [9.17, 15) is 4.79 Å². The number of carbonyl (C=O) groups is 1. The van der Waals surface area contributed by atoms with Gasteiger partial charge in [0, 0.05) is 0 Å². The number of ether oxygens (including phenoxy) is 1. The Labute approximate surface area is 105 Å². The van der Waals surface area contributed by atoms with Crippen LogP contribution >= 0.6 is 0 Å². The Hall–Kier alpha value is -1.92. The van der Waals surface area contributed by atoms with Crippen molar-refractivity contribution in [1.82, 2.24) is 25.9 Å². The van der Waals surface area contributed by atoms with Crippen LogP contribution in [0.1, 0.15) is 44.5 Å². The van der Waals surface area contributed by atoms with Gasteiger partial charge in [0.15, 0.2) is 11.6 Å². The van der Waals surface area contributed by atoms with Gasteiger partial charge in [0.1, 0.15) is 0 Å². The summed E-state index contributed by atoms with van der Waals surface area (Å²) in [6.45, 7) is 2.63. The highest BCUT2D eigenvalue weighted by Crippen LogP contribution is 2.16. The van der Waals surface area contributed by atoms with Crippen molar-refractivity contribution in [1.29, 1.82) is 0 Å². The summed E-state index contributed by atoms with van der Waals surface area (Å²) >= 11 is 0. The maximum Gasteiger partial charge on any atom is 0.286 e. The van der Waals surface area contributed by atoms with Crippen molar-refractivity contribution >= 4 is 5.91 Å². The predicted molar refractivity (Wildman–Crippen MR) is 63.2 cm³/mol. The van der Waals surface area contributed by atoms with Crippen LogP contribution in [0.3, 0.4) is 0 Å². The summed E-state index contributed by atoms with van der Waals surface area (Å²) in [5, 5.41) is 16.6. The monoisotopic (exact) mass is 251 g/mol. The van der Waals surface area contributed by atoms with Crippen LogP contribution in [0.5, 0.6) is 0 Å². The Morgan fingerprint density at radius 2 is 2.56 bits per heavy atom. The minimum absolute atomic E-state index is 0.210. The van der Waals surface area contributed by atoms with Gasteiger partial charge in [-0.3, -0.25) is 4.79 Å². The van der Waals surface area contributed by atoms with Gasteiger partial charge in [0.25, 0.3) is 5.91 Å². The SMILES string of the molecule is CCCC(NC(=O)C1=CCCCO1)c1nn[nH]n1. The van der Waals surface area contributed by atoms with Crippen LogP contribution in [0.25, 0.3) is 0 Å². The van der Waals surface area contributed by atoms with Gasteiger partial charge in [-0.25, -0.2) is 0 Å². The molecule has 98 valence electrons. The number of carbonyl (C=O) groups excluding carboxylic acids is 1. The van der Waals surface area contributed by atoms with Gasteiger partial charge in [0.05, 0.1) is 12.6 Å². The van der Waals surface area contributed by atoms with Gasteiger partial charge < -0.3 is 10.1 Å². The molecule has 18 heavy (non-hydrogen) atoms. The van der Waals surface area contributed by atoms with Crippen LogP contribution in [-0.2, 0) is 9.53 Å². The second-order valence-corrected chi connectivity index (χ2v) is 4.14. The van der Waals surface area contributed by atoms with Crippen molar-refractivity contribution in [3.63, 3.8) is 0 Å². The molecule has 7 nitrogen and oxygen atoms in total. The van der Waals surface area contributed by atoms with Crippen molar-refractivity contribution in [3.05, 3.63) is 17.7 Å². The Morgan fingerprint density at radius 3 is 3.17 bits per heavy atom. The molecular formula is C11H17N5O2. The third-order valence-electron chi connectivity index (χ3n) is 2.72. The zero-order chi connectivity index (χ0) is 12.8. The molecule has 7 heteroatoms. The quantitative estimate of drug-likeness (QED) is 0.809. The lowest BCUT2D eigenvalue weighted by molar-refractivity contribution is -0.122. The molecular weight excluding hydrogens is 234 g/mol. The molecule has 0 saturated carbocycles. The summed E-state index contributed by atoms with van der Waals surface area (Å²) in [4.78, 5) is 12.0. The van der Waals surface area contributed by atoms with Crippen molar-refractivity contribution < 1.29 is 9.53 Å². The molecule has 0 aromatic carbocycles. The third kappa shape index (κ3) is 3.06. The largest absolute Gasteiger partial charge is 0.488 e. The molecule has 1 aromatic heterocycles. The molecule has 0 spiro atoms. The number of hydrogen-bond acceptors (Lipinski definition) is 5. The minimum Gasteiger partial charge on any atom is -0.488 e. The zero-order valence-corrected chi connectivity index (χ0v) is 10.3. The number of nitrogens with one attached hydrogen (secondary N) is 2. The molecule has 0 saturated heterocycles. The highest BCUT2D eigenvalue weighted by Gasteiger charge is 2.21. The number of rotatable bonds is 5. The van der Waals surface area contributed by atoms with E-state index in [0.29, 0.717) is 18.2 Å². The first-order valence-electron chi connectivity index (χ1n) is 6.18. The number of aromatic amines is 1. The first kappa shape index (κ1) is 12.5. The fourth-order valence-electron chi connectivity index (χ4n) is 1.82. The summed E-state index contributed by atoms with van der Waals surface area (Å²) in [5.74, 6) is 0.686. The minimum atomic E-state index is -0.229. The Bertz CT molecular complexity index is 415. The van der Waals surface area contributed by atoms with Crippen molar-refractivity contribution in [2.75, 3.05) is 6.61 Å². The first-order valence-corrected chi connectivity index (χ1v) is 6.18. The van der Waals surface area contributed by atoms with Gasteiger partial charge in [0.2, 0.25) is 0 Å². The van der Waals surface area contributed by atoms with Crippen LogP contribution in [0.15, 0.2) is 11.8 Å². The van der Waals surface area contributed by atoms with Crippen LogP contribution < -0.4 is 5.32 Å². The normalized spacial score (nSPS) is 16.6. The summed E-state index contributed by atoms with van der Waals surface area (Å²) in [6.07, 6.45) is 5.33. The Kier molecular flexibility index (Phi) is 4.27.